The number of anilines is 1. The summed E-state index contributed by atoms with van der Waals surface area (Å²) >= 11 is 2.97. The molecular formula is C19H18N2O3S2. The SMILES string of the molecule is COc1ccc(-c2csc(NC(=O)c3ccc(SC)cc3OC)n2)cc1. The van der Waals surface area contributed by atoms with E-state index in [2.05, 4.69) is 10.3 Å². The lowest BCUT2D eigenvalue weighted by atomic mass is 10.2. The van der Waals surface area contributed by atoms with Crippen molar-refractivity contribution in [1.82, 2.24) is 4.98 Å². The zero-order valence-corrected chi connectivity index (χ0v) is 16.2. The first-order valence-electron chi connectivity index (χ1n) is 7.78. The molecule has 0 atom stereocenters. The lowest BCUT2D eigenvalue weighted by molar-refractivity contribution is 0.102. The van der Waals surface area contributed by atoms with Crippen LogP contribution in [0.3, 0.4) is 0 Å². The summed E-state index contributed by atoms with van der Waals surface area (Å²) in [4.78, 5) is 18.1. The predicted molar refractivity (Wildman–Crippen MR) is 107 cm³/mol. The number of thiazole rings is 1. The van der Waals surface area contributed by atoms with E-state index < -0.39 is 0 Å². The van der Waals surface area contributed by atoms with Gasteiger partial charge in [-0.3, -0.25) is 10.1 Å². The molecule has 2 aromatic carbocycles. The van der Waals surface area contributed by atoms with Crippen LogP contribution in [0.5, 0.6) is 11.5 Å². The lowest BCUT2D eigenvalue weighted by Crippen LogP contribution is -2.13. The number of benzene rings is 2. The Morgan fingerprint density at radius 3 is 2.54 bits per heavy atom. The van der Waals surface area contributed by atoms with Crippen LogP contribution in [-0.4, -0.2) is 31.4 Å². The number of thioether (sulfide) groups is 1. The molecule has 0 radical (unpaired) electrons. The van der Waals surface area contributed by atoms with Gasteiger partial charge in [-0.05, 0) is 48.7 Å². The summed E-state index contributed by atoms with van der Waals surface area (Å²) in [6.45, 7) is 0. The molecule has 0 saturated heterocycles. The minimum absolute atomic E-state index is 0.245. The zero-order valence-electron chi connectivity index (χ0n) is 14.6. The quantitative estimate of drug-likeness (QED) is 0.617. The molecule has 1 amide bonds. The minimum Gasteiger partial charge on any atom is -0.497 e. The Bertz CT molecular complexity index is 907. The van der Waals surface area contributed by atoms with Gasteiger partial charge in [0.05, 0.1) is 25.5 Å². The maximum absolute atomic E-state index is 12.6. The smallest absolute Gasteiger partial charge is 0.261 e. The van der Waals surface area contributed by atoms with Crippen molar-refractivity contribution in [3.05, 3.63) is 53.4 Å². The normalized spacial score (nSPS) is 10.4. The summed E-state index contributed by atoms with van der Waals surface area (Å²) in [5, 5.41) is 5.29. The first-order valence-corrected chi connectivity index (χ1v) is 9.88. The molecular weight excluding hydrogens is 368 g/mol. The third-order valence-electron chi connectivity index (χ3n) is 3.76. The fourth-order valence-corrected chi connectivity index (χ4v) is 3.52. The highest BCUT2D eigenvalue weighted by Crippen LogP contribution is 2.29. The summed E-state index contributed by atoms with van der Waals surface area (Å²) in [5.41, 5.74) is 2.24. The summed E-state index contributed by atoms with van der Waals surface area (Å²) in [6, 6.07) is 13.1. The predicted octanol–water partition coefficient (Wildman–Crippen LogP) is 4.80. The number of nitrogens with zero attached hydrogens (tertiary/aromatic N) is 1. The van der Waals surface area contributed by atoms with Gasteiger partial charge in [-0.15, -0.1) is 23.1 Å². The van der Waals surface area contributed by atoms with Crippen LogP contribution in [0.1, 0.15) is 10.4 Å². The summed E-state index contributed by atoms with van der Waals surface area (Å²) in [7, 11) is 3.19. The second-order valence-electron chi connectivity index (χ2n) is 5.29. The third-order valence-corrected chi connectivity index (χ3v) is 5.25. The summed E-state index contributed by atoms with van der Waals surface area (Å²) < 4.78 is 10.5. The Balaban J connectivity index is 1.77. The van der Waals surface area contributed by atoms with Crippen molar-refractivity contribution in [2.75, 3.05) is 25.8 Å². The van der Waals surface area contributed by atoms with E-state index in [1.54, 1.807) is 32.0 Å². The zero-order chi connectivity index (χ0) is 18.5. The number of methoxy groups -OCH3 is 2. The topological polar surface area (TPSA) is 60.5 Å². The van der Waals surface area contributed by atoms with E-state index in [1.807, 2.05) is 48.0 Å². The fraction of sp³-hybridized carbons (Fsp3) is 0.158. The largest absolute Gasteiger partial charge is 0.497 e. The first-order chi connectivity index (χ1) is 12.6. The Labute approximate surface area is 160 Å². The van der Waals surface area contributed by atoms with Crippen molar-refractivity contribution in [1.29, 1.82) is 0 Å². The molecule has 0 aliphatic carbocycles. The summed E-state index contributed by atoms with van der Waals surface area (Å²) in [5.74, 6) is 1.09. The van der Waals surface area contributed by atoms with Crippen molar-refractivity contribution in [3.8, 4) is 22.8 Å². The Hall–Kier alpha value is -2.51. The molecule has 1 aromatic heterocycles. The average molecular weight is 386 g/mol. The van der Waals surface area contributed by atoms with Gasteiger partial charge < -0.3 is 9.47 Å². The van der Waals surface area contributed by atoms with E-state index >= 15 is 0 Å². The van der Waals surface area contributed by atoms with Gasteiger partial charge in [0.25, 0.3) is 5.91 Å². The molecule has 3 rings (SSSR count). The van der Waals surface area contributed by atoms with Crippen LogP contribution >= 0.6 is 23.1 Å². The maximum atomic E-state index is 12.6. The molecule has 3 aromatic rings. The number of rotatable bonds is 6. The van der Waals surface area contributed by atoms with E-state index in [9.17, 15) is 4.79 Å². The van der Waals surface area contributed by atoms with Crippen LogP contribution in [0.15, 0.2) is 52.7 Å². The molecule has 0 bridgehead atoms. The Morgan fingerprint density at radius 2 is 1.88 bits per heavy atom. The van der Waals surface area contributed by atoms with Crippen molar-refractivity contribution < 1.29 is 14.3 Å². The molecule has 1 N–H and O–H groups in total. The molecule has 0 aliphatic heterocycles. The van der Waals surface area contributed by atoms with E-state index in [0.29, 0.717) is 16.4 Å². The number of carbonyl (C=O) groups is 1. The third kappa shape index (κ3) is 4.00. The van der Waals surface area contributed by atoms with Crippen molar-refractivity contribution in [3.63, 3.8) is 0 Å². The van der Waals surface area contributed by atoms with Gasteiger partial charge in [0.15, 0.2) is 5.13 Å². The highest BCUT2D eigenvalue weighted by molar-refractivity contribution is 7.98. The van der Waals surface area contributed by atoms with E-state index in [0.717, 1.165) is 21.9 Å². The molecule has 0 aliphatic rings. The molecule has 0 fully saturated rings. The van der Waals surface area contributed by atoms with Crippen molar-refractivity contribution in [2.24, 2.45) is 0 Å². The second kappa shape index (κ2) is 8.25. The van der Waals surface area contributed by atoms with Gasteiger partial charge in [-0.25, -0.2) is 4.98 Å². The molecule has 26 heavy (non-hydrogen) atoms. The van der Waals surface area contributed by atoms with Crippen molar-refractivity contribution >= 4 is 34.1 Å². The van der Waals surface area contributed by atoms with E-state index in [1.165, 1.54) is 11.3 Å². The number of aromatic nitrogens is 1. The first kappa shape index (κ1) is 18.3. The highest BCUT2D eigenvalue weighted by atomic mass is 32.2. The average Bonchev–Trinajstić information content (AvgIpc) is 3.15. The molecule has 0 unspecified atom stereocenters. The maximum Gasteiger partial charge on any atom is 0.261 e. The molecule has 0 spiro atoms. The Morgan fingerprint density at radius 1 is 1.12 bits per heavy atom. The monoisotopic (exact) mass is 386 g/mol. The molecule has 134 valence electrons. The van der Waals surface area contributed by atoms with Crippen LogP contribution < -0.4 is 14.8 Å². The van der Waals surface area contributed by atoms with Crippen LogP contribution in [0, 0.1) is 0 Å². The van der Waals surface area contributed by atoms with Gasteiger partial charge in [0.1, 0.15) is 11.5 Å². The van der Waals surface area contributed by atoms with Crippen LogP contribution in [0.2, 0.25) is 0 Å². The van der Waals surface area contributed by atoms with Crippen molar-refractivity contribution in [2.45, 2.75) is 4.90 Å². The van der Waals surface area contributed by atoms with Gasteiger partial charge >= 0.3 is 0 Å². The van der Waals surface area contributed by atoms with Gasteiger partial charge in [0.2, 0.25) is 0 Å². The van der Waals surface area contributed by atoms with Crippen LogP contribution in [0.4, 0.5) is 5.13 Å². The number of ether oxygens (including phenoxy) is 2. The Kier molecular flexibility index (Phi) is 5.80. The van der Waals surface area contributed by atoms with E-state index in [-0.39, 0.29) is 5.91 Å². The van der Waals surface area contributed by atoms with Gasteiger partial charge in [-0.1, -0.05) is 0 Å². The summed E-state index contributed by atoms with van der Waals surface area (Å²) in [6.07, 6.45) is 1.98. The van der Waals surface area contributed by atoms with Gasteiger partial charge in [-0.2, -0.15) is 0 Å². The standard InChI is InChI=1S/C19H18N2O3S2/c1-23-13-6-4-12(5-7-13)16-11-26-19(20-16)21-18(22)15-9-8-14(25-3)10-17(15)24-2/h4-11H,1-3H3,(H,20,21,22). The lowest BCUT2D eigenvalue weighted by Gasteiger charge is -2.09. The molecule has 1 heterocycles. The van der Waals surface area contributed by atoms with Crippen LogP contribution in [0.25, 0.3) is 11.3 Å². The number of amides is 1. The second-order valence-corrected chi connectivity index (χ2v) is 7.02. The molecule has 5 nitrogen and oxygen atoms in total. The fourth-order valence-electron chi connectivity index (χ4n) is 2.38. The van der Waals surface area contributed by atoms with Crippen LogP contribution in [-0.2, 0) is 0 Å². The molecule has 0 saturated carbocycles. The van der Waals surface area contributed by atoms with Gasteiger partial charge in [0, 0.05) is 15.8 Å². The number of hydrogen-bond donors (Lipinski definition) is 1. The number of nitrogens with one attached hydrogen (secondary N) is 1. The minimum atomic E-state index is -0.245. The molecule has 7 heteroatoms. The van der Waals surface area contributed by atoms with E-state index in [4.69, 9.17) is 9.47 Å². The number of hydrogen-bond acceptors (Lipinski definition) is 6. The number of carbonyl (C=O) groups excluding carboxylic acids is 1. The highest BCUT2D eigenvalue weighted by Gasteiger charge is 2.15.